The topological polar surface area (TPSA) is 60.2 Å². The summed E-state index contributed by atoms with van der Waals surface area (Å²) < 4.78 is 6.97. The van der Waals surface area contributed by atoms with Crippen molar-refractivity contribution in [1.82, 2.24) is 19.9 Å². The molecule has 1 aromatic heterocycles. The Bertz CT molecular complexity index is 547. The summed E-state index contributed by atoms with van der Waals surface area (Å²) in [7, 11) is 1.66. The smallest absolute Gasteiger partial charge is 0.226 e. The molecule has 6 nitrogen and oxygen atoms in total. The molecule has 1 aliphatic heterocycles. The highest BCUT2D eigenvalue weighted by Crippen LogP contribution is 2.25. The molecule has 1 saturated heterocycles. The van der Waals surface area contributed by atoms with Crippen molar-refractivity contribution in [3.63, 3.8) is 0 Å². The molecule has 23 heavy (non-hydrogen) atoms. The minimum absolute atomic E-state index is 0.212. The minimum Gasteiger partial charge on any atom is -0.378 e. The molecule has 0 bridgehead atoms. The second kappa shape index (κ2) is 7.73. The predicted molar refractivity (Wildman–Crippen MR) is 86.5 cm³/mol. The van der Waals surface area contributed by atoms with Gasteiger partial charge in [-0.2, -0.15) is 0 Å². The maximum Gasteiger partial charge on any atom is 0.226 e. The molecule has 0 saturated carbocycles. The number of piperidine rings is 1. The van der Waals surface area contributed by atoms with Crippen molar-refractivity contribution in [2.75, 3.05) is 20.2 Å². The molecule has 0 aromatic carbocycles. The standard InChI is InChI=1S/C17H26N4O2/c1-23-13-16-12-21(19-18-16)11-14-7-9-20(10-8-14)17(22)15-5-3-2-4-6-15/h2-3,12,14-15H,4-11,13H2,1H3/t15-/m0/s1. The van der Waals surface area contributed by atoms with Gasteiger partial charge in [-0.3, -0.25) is 9.48 Å². The van der Waals surface area contributed by atoms with Gasteiger partial charge in [0.1, 0.15) is 5.69 Å². The van der Waals surface area contributed by atoms with Crippen molar-refractivity contribution < 1.29 is 9.53 Å². The van der Waals surface area contributed by atoms with Crippen molar-refractivity contribution in [3.05, 3.63) is 24.0 Å². The summed E-state index contributed by atoms with van der Waals surface area (Å²) in [5.74, 6) is 1.14. The Kier molecular flexibility index (Phi) is 5.43. The van der Waals surface area contributed by atoms with Crippen LogP contribution in [0.1, 0.15) is 37.8 Å². The second-order valence-electron chi connectivity index (χ2n) is 6.61. The maximum atomic E-state index is 12.5. The summed E-state index contributed by atoms with van der Waals surface area (Å²) in [5, 5.41) is 8.25. The Hall–Kier alpha value is -1.69. The number of carbonyl (C=O) groups excluding carboxylic acids is 1. The van der Waals surface area contributed by atoms with E-state index in [0.29, 0.717) is 18.4 Å². The van der Waals surface area contributed by atoms with Crippen LogP contribution in [0.25, 0.3) is 0 Å². The van der Waals surface area contributed by atoms with E-state index >= 15 is 0 Å². The van der Waals surface area contributed by atoms with E-state index in [2.05, 4.69) is 27.4 Å². The molecule has 1 amide bonds. The van der Waals surface area contributed by atoms with Crippen molar-refractivity contribution >= 4 is 5.91 Å². The number of ether oxygens (including phenoxy) is 1. The predicted octanol–water partition coefficient (Wildman–Crippen LogP) is 2.02. The third-order valence-electron chi connectivity index (χ3n) is 4.87. The van der Waals surface area contributed by atoms with Gasteiger partial charge in [-0.15, -0.1) is 5.10 Å². The Morgan fingerprint density at radius 3 is 2.83 bits per heavy atom. The van der Waals surface area contributed by atoms with Crippen molar-refractivity contribution in [2.45, 2.75) is 45.3 Å². The van der Waals surface area contributed by atoms with E-state index in [1.807, 2.05) is 10.9 Å². The molecule has 6 heteroatoms. The van der Waals surface area contributed by atoms with E-state index < -0.39 is 0 Å². The van der Waals surface area contributed by atoms with Gasteiger partial charge in [0, 0.05) is 32.7 Å². The molecule has 1 fully saturated rings. The van der Waals surface area contributed by atoms with Crippen LogP contribution in [0.3, 0.4) is 0 Å². The first kappa shape index (κ1) is 16.2. The van der Waals surface area contributed by atoms with E-state index in [9.17, 15) is 4.79 Å². The van der Waals surface area contributed by atoms with Gasteiger partial charge in [0.15, 0.2) is 0 Å². The first-order valence-electron chi connectivity index (χ1n) is 8.58. The van der Waals surface area contributed by atoms with Crippen LogP contribution in [-0.4, -0.2) is 46.0 Å². The van der Waals surface area contributed by atoms with Crippen LogP contribution in [-0.2, 0) is 22.7 Å². The molecule has 1 aromatic rings. The molecule has 1 aliphatic carbocycles. The molecule has 0 N–H and O–H groups in total. The van der Waals surface area contributed by atoms with E-state index in [1.54, 1.807) is 7.11 Å². The SMILES string of the molecule is COCc1cn(CC2CCN(C(=O)[C@H]3CC=CCC3)CC2)nn1. The fourth-order valence-corrected chi connectivity index (χ4v) is 3.52. The molecular weight excluding hydrogens is 292 g/mol. The largest absolute Gasteiger partial charge is 0.378 e. The third kappa shape index (κ3) is 4.19. The third-order valence-corrected chi connectivity index (χ3v) is 4.87. The number of rotatable bonds is 5. The van der Waals surface area contributed by atoms with Gasteiger partial charge in [0.25, 0.3) is 0 Å². The zero-order chi connectivity index (χ0) is 16.1. The zero-order valence-electron chi connectivity index (χ0n) is 13.9. The summed E-state index contributed by atoms with van der Waals surface area (Å²) in [6, 6.07) is 0. The molecule has 3 rings (SSSR count). The number of likely N-dealkylation sites (tertiary alicyclic amines) is 1. The van der Waals surface area contributed by atoms with Gasteiger partial charge in [-0.05, 0) is 38.0 Å². The molecule has 2 aliphatic rings. The highest BCUT2D eigenvalue weighted by Gasteiger charge is 2.28. The van der Waals surface area contributed by atoms with Gasteiger partial charge >= 0.3 is 0 Å². The maximum absolute atomic E-state index is 12.5. The highest BCUT2D eigenvalue weighted by molar-refractivity contribution is 5.79. The van der Waals surface area contributed by atoms with E-state index in [4.69, 9.17) is 4.74 Å². The minimum atomic E-state index is 0.212. The average Bonchev–Trinajstić information content (AvgIpc) is 3.03. The monoisotopic (exact) mass is 318 g/mol. The van der Waals surface area contributed by atoms with Crippen molar-refractivity contribution in [2.24, 2.45) is 11.8 Å². The van der Waals surface area contributed by atoms with Crippen LogP contribution in [0.5, 0.6) is 0 Å². The fraction of sp³-hybridized carbons (Fsp3) is 0.706. The van der Waals surface area contributed by atoms with Crippen LogP contribution in [0, 0.1) is 11.8 Å². The zero-order valence-corrected chi connectivity index (χ0v) is 13.9. The Balaban J connectivity index is 1.46. The lowest BCUT2D eigenvalue weighted by Crippen LogP contribution is -2.42. The molecule has 1 atom stereocenters. The summed E-state index contributed by atoms with van der Waals surface area (Å²) >= 11 is 0. The lowest BCUT2D eigenvalue weighted by Gasteiger charge is -2.34. The van der Waals surface area contributed by atoms with Gasteiger partial charge in [0.05, 0.1) is 12.8 Å². The van der Waals surface area contributed by atoms with Gasteiger partial charge < -0.3 is 9.64 Å². The highest BCUT2D eigenvalue weighted by atomic mass is 16.5. The Morgan fingerprint density at radius 2 is 2.13 bits per heavy atom. The van der Waals surface area contributed by atoms with Gasteiger partial charge in [-0.25, -0.2) is 0 Å². The van der Waals surface area contributed by atoms with Crippen LogP contribution >= 0.6 is 0 Å². The Morgan fingerprint density at radius 1 is 1.30 bits per heavy atom. The van der Waals surface area contributed by atoms with Crippen LogP contribution in [0.2, 0.25) is 0 Å². The number of aromatic nitrogens is 3. The number of allylic oxidation sites excluding steroid dienone is 2. The quantitative estimate of drug-likeness (QED) is 0.779. The lowest BCUT2D eigenvalue weighted by atomic mass is 9.91. The van der Waals surface area contributed by atoms with Gasteiger partial charge in [0.2, 0.25) is 5.91 Å². The van der Waals surface area contributed by atoms with E-state index in [1.165, 1.54) is 0 Å². The fourth-order valence-electron chi connectivity index (χ4n) is 3.52. The Labute approximate surface area is 137 Å². The van der Waals surface area contributed by atoms with E-state index in [-0.39, 0.29) is 5.92 Å². The summed E-state index contributed by atoms with van der Waals surface area (Å²) in [4.78, 5) is 14.6. The molecular formula is C17H26N4O2. The van der Waals surface area contributed by atoms with Crippen LogP contribution in [0.4, 0.5) is 0 Å². The van der Waals surface area contributed by atoms with Crippen molar-refractivity contribution in [3.8, 4) is 0 Å². The van der Waals surface area contributed by atoms with Crippen LogP contribution < -0.4 is 0 Å². The first-order chi connectivity index (χ1) is 11.3. The summed E-state index contributed by atoms with van der Waals surface area (Å²) in [6.07, 6.45) is 11.4. The number of amides is 1. The molecule has 0 spiro atoms. The number of methoxy groups -OCH3 is 1. The number of hydrogen-bond acceptors (Lipinski definition) is 4. The van der Waals surface area contributed by atoms with Crippen molar-refractivity contribution in [1.29, 1.82) is 0 Å². The lowest BCUT2D eigenvalue weighted by molar-refractivity contribution is -0.137. The van der Waals surface area contributed by atoms with Gasteiger partial charge in [-0.1, -0.05) is 17.4 Å². The van der Waals surface area contributed by atoms with E-state index in [0.717, 1.165) is 57.4 Å². The molecule has 0 unspecified atom stereocenters. The molecule has 126 valence electrons. The summed E-state index contributed by atoms with van der Waals surface area (Å²) in [5.41, 5.74) is 0.866. The average molecular weight is 318 g/mol. The molecule has 2 heterocycles. The first-order valence-corrected chi connectivity index (χ1v) is 8.58. The molecule has 0 radical (unpaired) electrons. The normalized spacial score (nSPS) is 22.5. The second-order valence-corrected chi connectivity index (χ2v) is 6.61. The number of carbonyl (C=O) groups is 1. The summed E-state index contributed by atoms with van der Waals surface area (Å²) in [6.45, 7) is 3.14. The number of hydrogen-bond donors (Lipinski definition) is 0. The van der Waals surface area contributed by atoms with Crippen LogP contribution in [0.15, 0.2) is 18.3 Å². The number of nitrogens with zero attached hydrogens (tertiary/aromatic N) is 4.